The average molecular weight is 485 g/mol. The summed E-state index contributed by atoms with van der Waals surface area (Å²) in [7, 11) is 1.70. The predicted octanol–water partition coefficient (Wildman–Crippen LogP) is 3.65. The Morgan fingerprint density at radius 2 is 1.97 bits per heavy atom. The summed E-state index contributed by atoms with van der Waals surface area (Å²) in [5, 5.41) is 4.58. The van der Waals surface area contributed by atoms with Gasteiger partial charge in [-0.25, -0.2) is 13.8 Å². The van der Waals surface area contributed by atoms with E-state index >= 15 is 0 Å². The maximum atomic E-state index is 13.8. The molecule has 5 rings (SSSR count). The Hall–Kier alpha value is -3.79. The van der Waals surface area contributed by atoms with Crippen LogP contribution in [0.5, 0.6) is 0 Å². The molecule has 8 nitrogen and oxygen atoms in total. The van der Waals surface area contributed by atoms with Crippen molar-refractivity contribution in [2.24, 2.45) is 7.05 Å². The van der Waals surface area contributed by atoms with Crippen molar-refractivity contribution in [2.75, 3.05) is 6.54 Å². The molecule has 0 unspecified atom stereocenters. The number of fused-ring (bicyclic) bond motifs is 1. The molecule has 34 heavy (non-hydrogen) atoms. The van der Waals surface area contributed by atoms with Crippen molar-refractivity contribution in [3.63, 3.8) is 0 Å². The highest BCUT2D eigenvalue weighted by molar-refractivity contribution is 6.32. The van der Waals surface area contributed by atoms with Crippen molar-refractivity contribution < 1.29 is 13.6 Å². The van der Waals surface area contributed by atoms with Crippen LogP contribution in [0, 0.1) is 11.6 Å². The fourth-order valence-electron chi connectivity index (χ4n) is 4.46. The molecule has 174 valence electrons. The van der Waals surface area contributed by atoms with Crippen LogP contribution in [0.2, 0.25) is 5.15 Å². The first-order chi connectivity index (χ1) is 16.3. The summed E-state index contributed by atoms with van der Waals surface area (Å²) in [6, 6.07) is 6.13. The first kappa shape index (κ1) is 22.0. The number of hydrogen-bond acceptors (Lipinski definition) is 4. The van der Waals surface area contributed by atoms with Gasteiger partial charge in [-0.2, -0.15) is 5.10 Å². The first-order valence-electron chi connectivity index (χ1n) is 10.5. The lowest BCUT2D eigenvalue weighted by Gasteiger charge is -2.32. The zero-order valence-corrected chi connectivity index (χ0v) is 19.0. The lowest BCUT2D eigenvalue weighted by atomic mass is 9.95. The molecule has 0 fully saturated rings. The van der Waals surface area contributed by atoms with E-state index in [0.29, 0.717) is 29.9 Å². The number of aryl methyl sites for hydroxylation is 1. The molecule has 1 amide bonds. The number of pyridine rings is 1. The minimum Gasteiger partial charge on any atom is -0.328 e. The molecule has 1 aliphatic heterocycles. The molecule has 0 radical (unpaired) electrons. The SMILES string of the molecule is C[C@H]1c2nn(C)c(-c3cc(F)cc(F)c3)c2CCN1C(=O)c1ncn(-c2ccc[nH]c2=O)c1Cl. The number of benzene rings is 1. The minimum atomic E-state index is -0.673. The number of carbonyl (C=O) groups is 1. The van der Waals surface area contributed by atoms with Gasteiger partial charge >= 0.3 is 0 Å². The number of amides is 1. The molecule has 0 aliphatic carbocycles. The molecule has 1 aliphatic rings. The monoisotopic (exact) mass is 484 g/mol. The second-order valence-corrected chi connectivity index (χ2v) is 8.42. The number of halogens is 3. The van der Waals surface area contributed by atoms with Gasteiger partial charge in [0.1, 0.15) is 28.8 Å². The number of aromatic amines is 1. The van der Waals surface area contributed by atoms with Gasteiger partial charge in [-0.15, -0.1) is 0 Å². The van der Waals surface area contributed by atoms with Crippen molar-refractivity contribution in [1.29, 1.82) is 0 Å². The van der Waals surface area contributed by atoms with Gasteiger partial charge < -0.3 is 9.88 Å². The van der Waals surface area contributed by atoms with Crippen LogP contribution >= 0.6 is 11.6 Å². The molecule has 0 saturated heterocycles. The second kappa shape index (κ2) is 8.21. The fraction of sp³-hybridized carbons (Fsp3) is 0.217. The summed E-state index contributed by atoms with van der Waals surface area (Å²) >= 11 is 6.44. The van der Waals surface area contributed by atoms with Crippen LogP contribution < -0.4 is 5.56 Å². The molecular formula is C23H19ClF2N6O2. The van der Waals surface area contributed by atoms with Crippen molar-refractivity contribution >= 4 is 17.5 Å². The Bertz CT molecular complexity index is 1470. The Morgan fingerprint density at radius 1 is 1.24 bits per heavy atom. The molecule has 1 N–H and O–H groups in total. The third-order valence-corrected chi connectivity index (χ3v) is 6.37. The van der Waals surface area contributed by atoms with Crippen molar-refractivity contribution in [1.82, 2.24) is 29.2 Å². The molecule has 0 bridgehead atoms. The molecule has 1 aromatic carbocycles. The number of carbonyl (C=O) groups excluding carboxylic acids is 1. The Kier molecular flexibility index (Phi) is 5.32. The topological polar surface area (TPSA) is 88.8 Å². The summed E-state index contributed by atoms with van der Waals surface area (Å²) in [5.41, 5.74) is 2.35. The van der Waals surface area contributed by atoms with E-state index in [1.54, 1.807) is 28.8 Å². The van der Waals surface area contributed by atoms with Crippen LogP contribution in [0.1, 0.15) is 34.7 Å². The lowest BCUT2D eigenvalue weighted by Crippen LogP contribution is -2.39. The number of aromatic nitrogens is 5. The van der Waals surface area contributed by atoms with E-state index in [9.17, 15) is 18.4 Å². The van der Waals surface area contributed by atoms with E-state index in [0.717, 1.165) is 11.6 Å². The summed E-state index contributed by atoms with van der Waals surface area (Å²) in [6.45, 7) is 2.16. The molecule has 0 saturated carbocycles. The average Bonchev–Trinajstić information content (AvgIpc) is 3.33. The van der Waals surface area contributed by atoms with Gasteiger partial charge in [0.15, 0.2) is 5.69 Å². The minimum absolute atomic E-state index is 0.0172. The second-order valence-electron chi connectivity index (χ2n) is 8.06. The number of H-pyrrole nitrogens is 1. The Balaban J connectivity index is 1.49. The van der Waals surface area contributed by atoms with E-state index < -0.39 is 23.6 Å². The van der Waals surface area contributed by atoms with E-state index in [2.05, 4.69) is 15.1 Å². The maximum Gasteiger partial charge on any atom is 0.276 e. The third kappa shape index (κ3) is 3.50. The van der Waals surface area contributed by atoms with E-state index in [1.807, 2.05) is 6.92 Å². The van der Waals surface area contributed by atoms with E-state index in [4.69, 9.17) is 11.6 Å². The third-order valence-electron chi connectivity index (χ3n) is 6.01. The molecule has 11 heteroatoms. The van der Waals surface area contributed by atoms with Gasteiger partial charge in [0, 0.05) is 37.0 Å². The van der Waals surface area contributed by atoms with Crippen LogP contribution in [0.3, 0.4) is 0 Å². The van der Waals surface area contributed by atoms with Crippen LogP contribution in [-0.2, 0) is 13.5 Å². The normalized spacial score (nSPS) is 15.4. The Morgan fingerprint density at radius 3 is 2.68 bits per heavy atom. The quantitative estimate of drug-likeness (QED) is 0.480. The summed E-state index contributed by atoms with van der Waals surface area (Å²) in [6.07, 6.45) is 3.26. The summed E-state index contributed by atoms with van der Waals surface area (Å²) in [5.74, 6) is -1.75. The molecule has 4 aromatic rings. The van der Waals surface area contributed by atoms with Gasteiger partial charge in [0.25, 0.3) is 11.5 Å². The highest BCUT2D eigenvalue weighted by Gasteiger charge is 2.35. The van der Waals surface area contributed by atoms with Crippen LogP contribution in [-0.4, -0.2) is 41.7 Å². The number of imidazole rings is 1. The number of rotatable bonds is 3. The molecule has 4 heterocycles. The molecular weight excluding hydrogens is 466 g/mol. The fourth-order valence-corrected chi connectivity index (χ4v) is 4.72. The largest absolute Gasteiger partial charge is 0.328 e. The van der Waals surface area contributed by atoms with Gasteiger partial charge in [-0.1, -0.05) is 11.6 Å². The van der Waals surface area contributed by atoms with Crippen LogP contribution in [0.15, 0.2) is 47.7 Å². The number of hydrogen-bond donors (Lipinski definition) is 1. The maximum absolute atomic E-state index is 13.8. The van der Waals surface area contributed by atoms with E-state index in [1.165, 1.54) is 29.2 Å². The van der Waals surface area contributed by atoms with Crippen molar-refractivity contribution in [3.05, 3.63) is 86.9 Å². The molecule has 3 aromatic heterocycles. The molecule has 1 atom stereocenters. The zero-order chi connectivity index (χ0) is 24.1. The first-order valence-corrected chi connectivity index (χ1v) is 10.9. The van der Waals surface area contributed by atoms with Crippen LogP contribution in [0.25, 0.3) is 16.9 Å². The Labute approximate surface area is 197 Å². The van der Waals surface area contributed by atoms with Gasteiger partial charge in [0.05, 0.1) is 17.4 Å². The predicted molar refractivity (Wildman–Crippen MR) is 121 cm³/mol. The number of nitrogens with one attached hydrogen (secondary N) is 1. The van der Waals surface area contributed by atoms with Crippen LogP contribution in [0.4, 0.5) is 8.78 Å². The van der Waals surface area contributed by atoms with Gasteiger partial charge in [-0.05, 0) is 37.6 Å². The van der Waals surface area contributed by atoms with Gasteiger partial charge in [-0.3, -0.25) is 18.8 Å². The smallest absolute Gasteiger partial charge is 0.276 e. The lowest BCUT2D eigenvalue weighted by molar-refractivity contribution is 0.0668. The van der Waals surface area contributed by atoms with Gasteiger partial charge in [0.2, 0.25) is 0 Å². The van der Waals surface area contributed by atoms with Crippen molar-refractivity contribution in [2.45, 2.75) is 19.4 Å². The van der Waals surface area contributed by atoms with Crippen molar-refractivity contribution in [3.8, 4) is 16.9 Å². The van der Waals surface area contributed by atoms with E-state index in [-0.39, 0.29) is 22.1 Å². The number of nitrogens with zero attached hydrogens (tertiary/aromatic N) is 5. The summed E-state index contributed by atoms with van der Waals surface area (Å²) in [4.78, 5) is 33.8. The highest BCUT2D eigenvalue weighted by atomic mass is 35.5. The standard InChI is InChI=1S/C23H19ClF2N6O2/c1-12-18-16(20(30(2)29-18)13-8-14(25)10-15(26)9-13)5-7-31(12)23(34)19-21(24)32(11-28-19)17-4-3-6-27-22(17)33/h3-4,6,8-12H,5,7H2,1-2H3,(H,27,33)/t12-/m0/s1. The highest BCUT2D eigenvalue weighted by Crippen LogP contribution is 2.37. The zero-order valence-electron chi connectivity index (χ0n) is 18.2. The molecule has 0 spiro atoms. The summed E-state index contributed by atoms with van der Waals surface area (Å²) < 4.78 is 30.6.